The van der Waals surface area contributed by atoms with E-state index in [0.717, 1.165) is 31.4 Å². The van der Waals surface area contributed by atoms with Gasteiger partial charge in [0.2, 0.25) is 0 Å². The van der Waals surface area contributed by atoms with E-state index in [1.54, 1.807) is 0 Å². The summed E-state index contributed by atoms with van der Waals surface area (Å²) in [4.78, 5) is 15.1. The highest BCUT2D eigenvalue weighted by Gasteiger charge is 2.28. The summed E-state index contributed by atoms with van der Waals surface area (Å²) in [7, 11) is 0. The molecule has 0 atom stereocenters. The maximum atomic E-state index is 11.0. The van der Waals surface area contributed by atoms with Crippen molar-refractivity contribution in [3.05, 3.63) is 23.5 Å². The molecule has 3 N–H and O–H groups in total. The summed E-state index contributed by atoms with van der Waals surface area (Å²) in [5.41, 5.74) is 7.13. The van der Waals surface area contributed by atoms with Gasteiger partial charge in [-0.15, -0.1) is 0 Å². The van der Waals surface area contributed by atoms with Gasteiger partial charge >= 0.3 is 5.97 Å². The third-order valence-corrected chi connectivity index (χ3v) is 2.97. The van der Waals surface area contributed by atoms with Crippen LogP contribution in [0.25, 0.3) is 0 Å². The SMILES string of the molecule is C=C(N=C/C(C(=O)O)=C(\N)C1CC1)C1CC1. The molecule has 0 aromatic rings. The first-order valence-electron chi connectivity index (χ1n) is 5.55. The van der Waals surface area contributed by atoms with Crippen LogP contribution in [-0.2, 0) is 4.79 Å². The van der Waals surface area contributed by atoms with Crippen LogP contribution < -0.4 is 5.73 Å². The Labute approximate surface area is 94.6 Å². The quantitative estimate of drug-likeness (QED) is 0.546. The highest BCUT2D eigenvalue weighted by atomic mass is 16.4. The molecule has 0 unspecified atom stereocenters. The molecule has 2 rings (SSSR count). The van der Waals surface area contributed by atoms with E-state index in [9.17, 15) is 4.79 Å². The third-order valence-electron chi connectivity index (χ3n) is 2.97. The highest BCUT2D eigenvalue weighted by molar-refractivity contribution is 6.09. The normalized spacial score (nSPS) is 22.0. The number of nitrogens with two attached hydrogens (primary N) is 1. The minimum Gasteiger partial charge on any atom is -0.478 e. The van der Waals surface area contributed by atoms with Crippen LogP contribution in [-0.4, -0.2) is 17.3 Å². The van der Waals surface area contributed by atoms with Crippen molar-refractivity contribution >= 4 is 12.2 Å². The van der Waals surface area contributed by atoms with Gasteiger partial charge in [-0.2, -0.15) is 0 Å². The smallest absolute Gasteiger partial charge is 0.339 e. The lowest BCUT2D eigenvalue weighted by Crippen LogP contribution is -2.13. The van der Waals surface area contributed by atoms with Crippen molar-refractivity contribution in [1.29, 1.82) is 0 Å². The van der Waals surface area contributed by atoms with Gasteiger partial charge in [0.15, 0.2) is 0 Å². The fourth-order valence-corrected chi connectivity index (χ4v) is 1.54. The zero-order valence-electron chi connectivity index (χ0n) is 9.15. The lowest BCUT2D eigenvalue weighted by Gasteiger charge is -2.02. The predicted octanol–water partition coefficient (Wildman–Crippen LogP) is 1.69. The van der Waals surface area contributed by atoms with Gasteiger partial charge in [0.25, 0.3) is 0 Å². The lowest BCUT2D eigenvalue weighted by molar-refractivity contribution is -0.132. The number of hydrogen-bond acceptors (Lipinski definition) is 3. The van der Waals surface area contributed by atoms with E-state index in [-0.39, 0.29) is 11.5 Å². The number of carbonyl (C=O) groups is 1. The second-order valence-electron chi connectivity index (χ2n) is 4.47. The number of allylic oxidation sites excluding steroid dienone is 2. The number of aliphatic imine (C=N–C) groups is 1. The van der Waals surface area contributed by atoms with Gasteiger partial charge in [-0.3, -0.25) is 4.99 Å². The van der Waals surface area contributed by atoms with Gasteiger partial charge in [-0.1, -0.05) is 6.58 Å². The predicted molar refractivity (Wildman–Crippen MR) is 61.9 cm³/mol. The number of aliphatic carboxylic acids is 1. The second-order valence-corrected chi connectivity index (χ2v) is 4.47. The fraction of sp³-hybridized carbons (Fsp3) is 0.500. The number of rotatable bonds is 5. The van der Waals surface area contributed by atoms with Gasteiger partial charge in [0.1, 0.15) is 0 Å². The largest absolute Gasteiger partial charge is 0.478 e. The van der Waals surface area contributed by atoms with E-state index in [1.807, 2.05) is 0 Å². The third kappa shape index (κ3) is 2.51. The number of hydrogen-bond donors (Lipinski definition) is 2. The molecule has 0 aliphatic heterocycles. The highest BCUT2D eigenvalue weighted by Crippen LogP contribution is 2.37. The summed E-state index contributed by atoms with van der Waals surface area (Å²) in [5, 5.41) is 9.03. The van der Waals surface area contributed by atoms with Crippen LogP contribution in [0.1, 0.15) is 25.7 Å². The zero-order chi connectivity index (χ0) is 11.7. The summed E-state index contributed by atoms with van der Waals surface area (Å²) < 4.78 is 0. The first kappa shape index (κ1) is 10.9. The van der Waals surface area contributed by atoms with Crippen LogP contribution >= 0.6 is 0 Å². The molecule has 2 aliphatic rings. The molecule has 86 valence electrons. The molecule has 2 fully saturated rings. The first-order chi connectivity index (χ1) is 7.59. The second kappa shape index (κ2) is 4.12. The van der Waals surface area contributed by atoms with Crippen molar-refractivity contribution < 1.29 is 9.90 Å². The Morgan fingerprint density at radius 3 is 2.31 bits per heavy atom. The van der Waals surface area contributed by atoms with Gasteiger partial charge < -0.3 is 10.8 Å². The molecule has 4 heteroatoms. The monoisotopic (exact) mass is 220 g/mol. The van der Waals surface area contributed by atoms with Crippen LogP contribution in [0.2, 0.25) is 0 Å². The molecular weight excluding hydrogens is 204 g/mol. The molecule has 0 bridgehead atoms. The number of nitrogens with zero attached hydrogens (tertiary/aromatic N) is 1. The van der Waals surface area contributed by atoms with Crippen LogP contribution in [0.3, 0.4) is 0 Å². The van der Waals surface area contributed by atoms with E-state index >= 15 is 0 Å². The van der Waals surface area contributed by atoms with Gasteiger partial charge in [0, 0.05) is 23.5 Å². The Hall–Kier alpha value is -1.58. The minimum atomic E-state index is -1.00. The standard InChI is InChI=1S/C12H16N2O2/c1-7(8-2-3-8)14-6-10(12(15)16)11(13)9-4-5-9/h6,8-9H,1-5,13H2,(H,15,16)/b11-10+,14-6?. The molecular formula is C12H16N2O2. The van der Waals surface area contributed by atoms with Crippen LogP contribution in [0.15, 0.2) is 28.5 Å². The van der Waals surface area contributed by atoms with E-state index in [1.165, 1.54) is 6.21 Å². The van der Waals surface area contributed by atoms with E-state index in [0.29, 0.717) is 11.6 Å². The Morgan fingerprint density at radius 2 is 1.88 bits per heavy atom. The Balaban J connectivity index is 2.10. The number of carboxylic acids is 1. The maximum Gasteiger partial charge on any atom is 0.339 e. The fourth-order valence-electron chi connectivity index (χ4n) is 1.54. The van der Waals surface area contributed by atoms with E-state index in [4.69, 9.17) is 10.8 Å². The minimum absolute atomic E-state index is 0.129. The Kier molecular flexibility index (Phi) is 2.81. The van der Waals surface area contributed by atoms with Gasteiger partial charge in [0.05, 0.1) is 5.57 Å². The van der Waals surface area contributed by atoms with E-state index < -0.39 is 5.97 Å². The van der Waals surface area contributed by atoms with E-state index in [2.05, 4.69) is 11.6 Å². The molecule has 0 heterocycles. The Bertz CT molecular complexity index is 388. The van der Waals surface area contributed by atoms with Gasteiger partial charge in [-0.05, 0) is 31.6 Å². The average Bonchev–Trinajstić information content (AvgIpc) is 3.06. The molecule has 16 heavy (non-hydrogen) atoms. The number of carboxylic acid groups (broad SMARTS) is 1. The van der Waals surface area contributed by atoms with Crippen LogP contribution in [0.4, 0.5) is 0 Å². The molecule has 0 aromatic heterocycles. The molecule has 4 nitrogen and oxygen atoms in total. The van der Waals surface area contributed by atoms with Crippen molar-refractivity contribution in [2.24, 2.45) is 22.6 Å². The van der Waals surface area contributed by atoms with Crippen molar-refractivity contribution in [2.45, 2.75) is 25.7 Å². The van der Waals surface area contributed by atoms with Crippen LogP contribution in [0.5, 0.6) is 0 Å². The van der Waals surface area contributed by atoms with Crippen molar-refractivity contribution in [3.63, 3.8) is 0 Å². The summed E-state index contributed by atoms with van der Waals surface area (Å²) in [6.07, 6.45) is 5.55. The molecule has 0 aromatic carbocycles. The zero-order valence-corrected chi connectivity index (χ0v) is 9.15. The van der Waals surface area contributed by atoms with Crippen LogP contribution in [0, 0.1) is 11.8 Å². The van der Waals surface area contributed by atoms with Crippen molar-refractivity contribution in [3.8, 4) is 0 Å². The molecule has 0 spiro atoms. The van der Waals surface area contributed by atoms with Crippen molar-refractivity contribution in [1.82, 2.24) is 0 Å². The van der Waals surface area contributed by atoms with Crippen molar-refractivity contribution in [2.75, 3.05) is 0 Å². The lowest BCUT2D eigenvalue weighted by atomic mass is 10.1. The summed E-state index contributed by atoms with van der Waals surface area (Å²) in [6, 6.07) is 0. The summed E-state index contributed by atoms with van der Waals surface area (Å²) >= 11 is 0. The molecule has 2 aliphatic carbocycles. The maximum absolute atomic E-state index is 11.0. The first-order valence-corrected chi connectivity index (χ1v) is 5.55. The molecule has 2 saturated carbocycles. The summed E-state index contributed by atoms with van der Waals surface area (Å²) in [6.45, 7) is 3.81. The molecule has 0 saturated heterocycles. The summed E-state index contributed by atoms with van der Waals surface area (Å²) in [5.74, 6) is -0.308. The molecule has 0 radical (unpaired) electrons. The molecule has 0 amide bonds. The Morgan fingerprint density at radius 1 is 1.31 bits per heavy atom. The topological polar surface area (TPSA) is 75.7 Å². The van der Waals surface area contributed by atoms with Gasteiger partial charge in [-0.25, -0.2) is 4.79 Å². The average molecular weight is 220 g/mol.